The molecule has 2 unspecified atom stereocenters. The quantitative estimate of drug-likeness (QED) is 0.744. The van der Waals surface area contributed by atoms with E-state index >= 15 is 0 Å². The minimum Gasteiger partial charge on any atom is -0.395 e. The maximum atomic E-state index is 12.9. The second-order valence-corrected chi connectivity index (χ2v) is 4.70. The molecule has 2 N–H and O–H groups in total. The Morgan fingerprint density at radius 2 is 1.89 bits per heavy atom. The van der Waals surface area contributed by atoms with Crippen LogP contribution in [0.1, 0.15) is 51.1 Å². The van der Waals surface area contributed by atoms with Gasteiger partial charge < -0.3 is 10.4 Å². The van der Waals surface area contributed by atoms with Crippen LogP contribution in [0, 0.1) is 5.82 Å². The Balaban J connectivity index is 2.73. The Bertz CT molecular complexity index is 322. The minimum absolute atomic E-state index is 0.108. The monoisotopic (exact) mass is 253 g/mol. The molecule has 0 amide bonds. The van der Waals surface area contributed by atoms with Crippen LogP contribution in [0.2, 0.25) is 0 Å². The normalized spacial score (nSPS) is 14.4. The molecule has 0 saturated carbocycles. The van der Waals surface area contributed by atoms with E-state index in [4.69, 9.17) is 0 Å². The van der Waals surface area contributed by atoms with Crippen LogP contribution in [-0.2, 0) is 0 Å². The lowest BCUT2D eigenvalue weighted by Gasteiger charge is -2.24. The van der Waals surface area contributed by atoms with Crippen molar-refractivity contribution in [3.63, 3.8) is 0 Å². The highest BCUT2D eigenvalue weighted by molar-refractivity contribution is 5.20. The van der Waals surface area contributed by atoms with Gasteiger partial charge in [0.15, 0.2) is 0 Å². The molecule has 0 saturated heterocycles. The minimum atomic E-state index is -0.206. The third-order valence-electron chi connectivity index (χ3n) is 3.27. The molecule has 1 aromatic carbocycles. The van der Waals surface area contributed by atoms with Crippen LogP contribution in [0.15, 0.2) is 24.3 Å². The van der Waals surface area contributed by atoms with Gasteiger partial charge in [0.1, 0.15) is 5.82 Å². The topological polar surface area (TPSA) is 32.3 Å². The smallest absolute Gasteiger partial charge is 0.123 e. The van der Waals surface area contributed by atoms with Gasteiger partial charge in [-0.3, -0.25) is 0 Å². The van der Waals surface area contributed by atoms with Gasteiger partial charge in [0.25, 0.3) is 0 Å². The Hall–Kier alpha value is -0.930. The predicted octanol–water partition coefficient (Wildman–Crippen LogP) is 3.42. The van der Waals surface area contributed by atoms with Crippen molar-refractivity contribution < 1.29 is 9.50 Å². The molecule has 2 nitrogen and oxygen atoms in total. The molecule has 0 spiro atoms. The molecule has 0 radical (unpaired) electrons. The zero-order chi connectivity index (χ0) is 13.4. The van der Waals surface area contributed by atoms with E-state index in [1.807, 2.05) is 12.1 Å². The average molecular weight is 253 g/mol. The Morgan fingerprint density at radius 1 is 1.22 bits per heavy atom. The zero-order valence-corrected chi connectivity index (χ0v) is 11.3. The second-order valence-electron chi connectivity index (χ2n) is 4.70. The molecule has 0 fully saturated rings. The van der Waals surface area contributed by atoms with Crippen LogP contribution in [0.5, 0.6) is 0 Å². The first-order valence-electron chi connectivity index (χ1n) is 6.83. The highest BCUT2D eigenvalue weighted by Gasteiger charge is 2.15. The molecule has 0 aliphatic rings. The van der Waals surface area contributed by atoms with E-state index in [1.54, 1.807) is 0 Å². The number of rotatable bonds is 8. The molecule has 1 aromatic rings. The molecule has 0 aliphatic carbocycles. The van der Waals surface area contributed by atoms with Crippen molar-refractivity contribution in [2.24, 2.45) is 0 Å². The molecule has 18 heavy (non-hydrogen) atoms. The van der Waals surface area contributed by atoms with E-state index in [0.29, 0.717) is 0 Å². The number of aliphatic hydroxyl groups excluding tert-OH is 1. The van der Waals surface area contributed by atoms with E-state index < -0.39 is 0 Å². The molecule has 2 atom stereocenters. The summed E-state index contributed by atoms with van der Waals surface area (Å²) in [5.41, 5.74) is 1.09. The number of unbranched alkanes of at least 4 members (excludes halogenated alkanes) is 1. The van der Waals surface area contributed by atoms with Gasteiger partial charge >= 0.3 is 0 Å². The average Bonchev–Trinajstić information content (AvgIpc) is 2.40. The van der Waals surface area contributed by atoms with Crippen LogP contribution in [-0.4, -0.2) is 17.8 Å². The molecule has 102 valence electrons. The van der Waals surface area contributed by atoms with E-state index in [9.17, 15) is 9.50 Å². The predicted molar refractivity (Wildman–Crippen MR) is 73.0 cm³/mol. The van der Waals surface area contributed by atoms with Crippen LogP contribution in [0.3, 0.4) is 0 Å². The van der Waals surface area contributed by atoms with Crippen molar-refractivity contribution in [3.8, 4) is 0 Å². The van der Waals surface area contributed by atoms with Gasteiger partial charge in [-0.05, 0) is 30.5 Å². The number of nitrogens with one attached hydrogen (secondary N) is 1. The van der Waals surface area contributed by atoms with Crippen molar-refractivity contribution in [3.05, 3.63) is 35.6 Å². The summed E-state index contributed by atoms with van der Waals surface area (Å²) in [5, 5.41) is 12.7. The fraction of sp³-hybridized carbons (Fsp3) is 0.600. The number of hydrogen-bond donors (Lipinski definition) is 2. The number of hydrogen-bond acceptors (Lipinski definition) is 2. The fourth-order valence-corrected chi connectivity index (χ4v) is 2.03. The summed E-state index contributed by atoms with van der Waals surface area (Å²) in [6.07, 6.45) is 4.16. The highest BCUT2D eigenvalue weighted by Crippen LogP contribution is 2.21. The Labute approximate surface area is 109 Å². The Morgan fingerprint density at radius 3 is 2.39 bits per heavy atom. The third kappa shape index (κ3) is 4.75. The van der Waals surface area contributed by atoms with Crippen LogP contribution in [0.4, 0.5) is 4.39 Å². The van der Waals surface area contributed by atoms with Crippen LogP contribution < -0.4 is 5.32 Å². The van der Waals surface area contributed by atoms with Crippen molar-refractivity contribution >= 4 is 0 Å². The molecule has 0 aliphatic heterocycles. The highest BCUT2D eigenvalue weighted by atomic mass is 19.1. The molecular formula is C15H24FNO. The van der Waals surface area contributed by atoms with Crippen molar-refractivity contribution in [1.82, 2.24) is 5.32 Å². The van der Waals surface area contributed by atoms with Gasteiger partial charge in [-0.15, -0.1) is 0 Å². The van der Waals surface area contributed by atoms with Crippen LogP contribution in [0.25, 0.3) is 0 Å². The summed E-state index contributed by atoms with van der Waals surface area (Å²) >= 11 is 0. The lowest BCUT2D eigenvalue weighted by Crippen LogP contribution is -2.35. The lowest BCUT2D eigenvalue weighted by molar-refractivity contribution is 0.224. The van der Waals surface area contributed by atoms with Crippen LogP contribution >= 0.6 is 0 Å². The van der Waals surface area contributed by atoms with Gasteiger partial charge in [0.05, 0.1) is 6.61 Å². The number of halogens is 1. The Kier molecular flexibility index (Phi) is 6.91. The summed E-state index contributed by atoms with van der Waals surface area (Å²) < 4.78 is 12.9. The van der Waals surface area contributed by atoms with Crippen molar-refractivity contribution in [2.75, 3.05) is 6.61 Å². The van der Waals surface area contributed by atoms with E-state index in [1.165, 1.54) is 12.1 Å². The molecule has 3 heteroatoms. The van der Waals surface area contributed by atoms with E-state index in [0.717, 1.165) is 31.2 Å². The maximum Gasteiger partial charge on any atom is 0.123 e. The third-order valence-corrected chi connectivity index (χ3v) is 3.27. The SMILES string of the molecule is CCCCC(NC(CC)CO)c1ccc(F)cc1. The van der Waals surface area contributed by atoms with E-state index in [2.05, 4.69) is 19.2 Å². The first kappa shape index (κ1) is 15.1. The summed E-state index contributed by atoms with van der Waals surface area (Å²) in [5.74, 6) is -0.206. The summed E-state index contributed by atoms with van der Waals surface area (Å²) in [7, 11) is 0. The number of benzene rings is 1. The summed E-state index contributed by atoms with van der Waals surface area (Å²) in [4.78, 5) is 0. The molecule has 0 heterocycles. The molecular weight excluding hydrogens is 229 g/mol. The van der Waals surface area contributed by atoms with E-state index in [-0.39, 0.29) is 24.5 Å². The fourth-order valence-electron chi connectivity index (χ4n) is 2.03. The standard InChI is InChI=1S/C15H24FNO/c1-3-5-6-15(17-14(4-2)11-18)12-7-9-13(16)10-8-12/h7-10,14-15,17-18H,3-6,11H2,1-2H3. The first-order chi connectivity index (χ1) is 8.71. The van der Waals surface area contributed by atoms with Crippen molar-refractivity contribution in [1.29, 1.82) is 0 Å². The molecule has 0 bridgehead atoms. The van der Waals surface area contributed by atoms with Gasteiger partial charge in [0, 0.05) is 12.1 Å². The lowest BCUT2D eigenvalue weighted by atomic mass is 9.99. The molecule has 1 rings (SSSR count). The van der Waals surface area contributed by atoms with Crippen molar-refractivity contribution in [2.45, 2.75) is 51.6 Å². The van der Waals surface area contributed by atoms with Gasteiger partial charge in [-0.2, -0.15) is 0 Å². The summed E-state index contributed by atoms with van der Waals surface area (Å²) in [6, 6.07) is 6.95. The zero-order valence-electron chi connectivity index (χ0n) is 11.3. The summed E-state index contributed by atoms with van der Waals surface area (Å²) in [6.45, 7) is 4.35. The number of aliphatic hydroxyl groups is 1. The maximum absolute atomic E-state index is 12.9. The van der Waals surface area contributed by atoms with Gasteiger partial charge in [0.2, 0.25) is 0 Å². The molecule has 0 aromatic heterocycles. The largest absolute Gasteiger partial charge is 0.395 e. The second kappa shape index (κ2) is 8.22. The van der Waals surface area contributed by atoms with Gasteiger partial charge in [-0.1, -0.05) is 38.8 Å². The first-order valence-corrected chi connectivity index (χ1v) is 6.83. The van der Waals surface area contributed by atoms with Gasteiger partial charge in [-0.25, -0.2) is 4.39 Å².